The average molecular weight is 181 g/mol. The summed E-state index contributed by atoms with van der Waals surface area (Å²) < 4.78 is 4.94. The van der Waals surface area contributed by atoms with Crippen LogP contribution in [-0.2, 0) is 6.42 Å². The standard InChI is InChI=1S/C8H7NO2S/c1-2-6-9-7-5(3-4-12-7)8(10)11-6/h3-4H,2H2,1H3. The van der Waals surface area contributed by atoms with Gasteiger partial charge in [-0.15, -0.1) is 11.3 Å². The highest BCUT2D eigenvalue weighted by atomic mass is 32.1. The molecule has 0 bridgehead atoms. The van der Waals surface area contributed by atoms with E-state index >= 15 is 0 Å². The molecule has 0 N–H and O–H groups in total. The van der Waals surface area contributed by atoms with Crippen LogP contribution in [0.1, 0.15) is 12.8 Å². The van der Waals surface area contributed by atoms with Crippen molar-refractivity contribution in [1.82, 2.24) is 4.98 Å². The molecule has 62 valence electrons. The van der Waals surface area contributed by atoms with Crippen LogP contribution in [-0.4, -0.2) is 4.98 Å². The van der Waals surface area contributed by atoms with Crippen molar-refractivity contribution in [3.05, 3.63) is 27.8 Å². The summed E-state index contributed by atoms with van der Waals surface area (Å²) in [6, 6.07) is 1.73. The van der Waals surface area contributed by atoms with E-state index in [2.05, 4.69) is 4.98 Å². The summed E-state index contributed by atoms with van der Waals surface area (Å²) in [5.41, 5.74) is -0.280. The normalized spacial score (nSPS) is 10.8. The molecule has 2 rings (SSSR count). The van der Waals surface area contributed by atoms with Gasteiger partial charge in [-0.2, -0.15) is 0 Å². The van der Waals surface area contributed by atoms with Crippen molar-refractivity contribution >= 4 is 21.6 Å². The van der Waals surface area contributed by atoms with Gasteiger partial charge in [0.05, 0.1) is 5.39 Å². The van der Waals surface area contributed by atoms with Crippen LogP contribution in [0.5, 0.6) is 0 Å². The SMILES string of the molecule is CCc1nc2sccc2c(=O)o1. The zero-order valence-electron chi connectivity index (χ0n) is 6.53. The smallest absolute Gasteiger partial charge is 0.347 e. The summed E-state index contributed by atoms with van der Waals surface area (Å²) in [4.78, 5) is 16.2. The monoisotopic (exact) mass is 181 g/mol. The van der Waals surface area contributed by atoms with E-state index in [-0.39, 0.29) is 5.63 Å². The second kappa shape index (κ2) is 2.71. The molecular formula is C8H7NO2S. The van der Waals surface area contributed by atoms with E-state index in [0.717, 1.165) is 4.83 Å². The second-order valence-corrected chi connectivity index (χ2v) is 3.28. The first-order chi connectivity index (χ1) is 5.81. The van der Waals surface area contributed by atoms with Crippen molar-refractivity contribution in [2.24, 2.45) is 0 Å². The predicted octanol–water partition coefficient (Wildman–Crippen LogP) is 1.81. The Morgan fingerprint density at radius 1 is 1.67 bits per heavy atom. The molecular weight excluding hydrogens is 174 g/mol. The highest BCUT2D eigenvalue weighted by molar-refractivity contribution is 7.16. The van der Waals surface area contributed by atoms with Gasteiger partial charge in [0.25, 0.3) is 0 Å². The van der Waals surface area contributed by atoms with E-state index in [1.54, 1.807) is 6.07 Å². The summed E-state index contributed by atoms with van der Waals surface area (Å²) in [5.74, 6) is 0.509. The molecule has 3 nitrogen and oxygen atoms in total. The van der Waals surface area contributed by atoms with Gasteiger partial charge in [0.15, 0.2) is 5.89 Å². The summed E-state index contributed by atoms with van der Waals surface area (Å²) in [6.07, 6.45) is 0.656. The van der Waals surface area contributed by atoms with Crippen molar-refractivity contribution in [2.45, 2.75) is 13.3 Å². The lowest BCUT2D eigenvalue weighted by Crippen LogP contribution is -2.02. The molecule has 0 atom stereocenters. The van der Waals surface area contributed by atoms with Crippen LogP contribution < -0.4 is 5.63 Å². The lowest BCUT2D eigenvalue weighted by Gasteiger charge is -1.92. The van der Waals surface area contributed by atoms with E-state index in [1.165, 1.54) is 11.3 Å². The lowest BCUT2D eigenvalue weighted by atomic mass is 10.4. The fraction of sp³-hybridized carbons (Fsp3) is 0.250. The Balaban J connectivity index is 2.84. The molecule has 0 saturated carbocycles. The van der Waals surface area contributed by atoms with Gasteiger partial charge in [-0.05, 0) is 11.4 Å². The van der Waals surface area contributed by atoms with Gasteiger partial charge in [-0.1, -0.05) is 6.92 Å². The van der Waals surface area contributed by atoms with Gasteiger partial charge >= 0.3 is 5.63 Å². The van der Waals surface area contributed by atoms with Crippen LogP contribution in [0.4, 0.5) is 0 Å². The van der Waals surface area contributed by atoms with Crippen LogP contribution >= 0.6 is 11.3 Å². The van der Waals surface area contributed by atoms with Crippen LogP contribution in [0.3, 0.4) is 0 Å². The predicted molar refractivity (Wildman–Crippen MR) is 47.5 cm³/mol. The zero-order chi connectivity index (χ0) is 8.55. The molecule has 2 aromatic heterocycles. The highest BCUT2D eigenvalue weighted by Gasteiger charge is 2.04. The quantitative estimate of drug-likeness (QED) is 0.673. The number of aromatic nitrogens is 1. The summed E-state index contributed by atoms with van der Waals surface area (Å²) in [5, 5.41) is 2.42. The molecule has 2 heterocycles. The minimum absolute atomic E-state index is 0.280. The lowest BCUT2D eigenvalue weighted by molar-refractivity contribution is 0.450. The van der Waals surface area contributed by atoms with Crippen LogP contribution in [0.25, 0.3) is 10.2 Å². The molecule has 0 amide bonds. The molecule has 0 saturated heterocycles. The average Bonchev–Trinajstić information content (AvgIpc) is 2.52. The van der Waals surface area contributed by atoms with E-state index < -0.39 is 0 Å². The van der Waals surface area contributed by atoms with E-state index in [4.69, 9.17) is 4.42 Å². The molecule has 0 aliphatic carbocycles. The van der Waals surface area contributed by atoms with Crippen LogP contribution in [0.2, 0.25) is 0 Å². The first-order valence-electron chi connectivity index (χ1n) is 3.68. The van der Waals surface area contributed by atoms with Crippen molar-refractivity contribution in [1.29, 1.82) is 0 Å². The maximum atomic E-state index is 11.2. The summed E-state index contributed by atoms with van der Waals surface area (Å²) in [7, 11) is 0. The third-order valence-corrected chi connectivity index (χ3v) is 2.41. The van der Waals surface area contributed by atoms with Crippen molar-refractivity contribution in [3.8, 4) is 0 Å². The van der Waals surface area contributed by atoms with Gasteiger partial charge in [0.1, 0.15) is 4.83 Å². The van der Waals surface area contributed by atoms with Gasteiger partial charge < -0.3 is 4.42 Å². The molecule has 4 heteroatoms. The number of hydrogen-bond donors (Lipinski definition) is 0. The Bertz CT molecular complexity index is 457. The fourth-order valence-corrected chi connectivity index (χ4v) is 1.76. The van der Waals surface area contributed by atoms with Gasteiger partial charge in [0, 0.05) is 6.42 Å². The minimum Gasteiger partial charge on any atom is -0.408 e. The largest absolute Gasteiger partial charge is 0.408 e. The number of thiophene rings is 1. The second-order valence-electron chi connectivity index (χ2n) is 2.39. The van der Waals surface area contributed by atoms with Crippen LogP contribution in [0.15, 0.2) is 20.7 Å². The number of nitrogens with zero attached hydrogens (tertiary/aromatic N) is 1. The Morgan fingerprint density at radius 2 is 2.50 bits per heavy atom. The van der Waals surface area contributed by atoms with Crippen molar-refractivity contribution in [3.63, 3.8) is 0 Å². The van der Waals surface area contributed by atoms with Gasteiger partial charge in [-0.3, -0.25) is 0 Å². The first-order valence-corrected chi connectivity index (χ1v) is 4.56. The van der Waals surface area contributed by atoms with Gasteiger partial charge in [-0.25, -0.2) is 9.78 Å². The van der Waals surface area contributed by atoms with Crippen molar-refractivity contribution < 1.29 is 4.42 Å². The summed E-state index contributed by atoms with van der Waals surface area (Å²) >= 11 is 1.46. The number of fused-ring (bicyclic) bond motifs is 1. The minimum atomic E-state index is -0.280. The number of rotatable bonds is 1. The maximum absolute atomic E-state index is 11.2. The molecule has 0 aliphatic heterocycles. The first kappa shape index (κ1) is 7.49. The fourth-order valence-electron chi connectivity index (χ4n) is 0.993. The number of hydrogen-bond acceptors (Lipinski definition) is 4. The zero-order valence-corrected chi connectivity index (χ0v) is 7.35. The Hall–Kier alpha value is -1.16. The molecule has 0 aliphatic rings. The Kier molecular flexibility index (Phi) is 1.69. The van der Waals surface area contributed by atoms with E-state index in [9.17, 15) is 4.79 Å². The molecule has 0 unspecified atom stereocenters. The summed E-state index contributed by atoms with van der Waals surface area (Å²) in [6.45, 7) is 1.91. The third-order valence-electron chi connectivity index (χ3n) is 1.60. The molecule has 0 fully saturated rings. The Morgan fingerprint density at radius 3 is 3.25 bits per heavy atom. The molecule has 0 aromatic carbocycles. The molecule has 12 heavy (non-hydrogen) atoms. The van der Waals surface area contributed by atoms with Crippen LogP contribution in [0, 0.1) is 0 Å². The van der Waals surface area contributed by atoms with E-state index in [0.29, 0.717) is 17.7 Å². The third kappa shape index (κ3) is 1.04. The highest BCUT2D eigenvalue weighted by Crippen LogP contribution is 2.14. The van der Waals surface area contributed by atoms with E-state index in [1.807, 2.05) is 12.3 Å². The number of aryl methyl sites for hydroxylation is 1. The van der Waals surface area contributed by atoms with Crippen molar-refractivity contribution in [2.75, 3.05) is 0 Å². The molecule has 2 aromatic rings. The molecule has 0 radical (unpaired) electrons. The Labute approximate surface area is 72.7 Å². The molecule has 0 spiro atoms. The maximum Gasteiger partial charge on any atom is 0.347 e. The topological polar surface area (TPSA) is 43.1 Å². The van der Waals surface area contributed by atoms with Gasteiger partial charge in [0.2, 0.25) is 0 Å².